The summed E-state index contributed by atoms with van der Waals surface area (Å²) in [4.78, 5) is 30.2. The molecule has 2 amide bonds. The van der Waals surface area contributed by atoms with Crippen LogP contribution in [-0.2, 0) is 22.6 Å². The molecule has 7 heteroatoms. The SMILES string of the molecule is CN(C)c1ccc([C@H](CNC(=O)C(=O)NCc2cccs2)N2CCc3ccccc32)cc1. The van der Waals surface area contributed by atoms with Gasteiger partial charge in [0, 0.05) is 43.4 Å². The van der Waals surface area contributed by atoms with Crippen molar-refractivity contribution in [3.63, 3.8) is 0 Å². The first-order valence-corrected chi connectivity index (χ1v) is 11.6. The molecule has 0 bridgehead atoms. The lowest BCUT2D eigenvalue weighted by molar-refractivity contribution is -0.139. The molecule has 2 N–H and O–H groups in total. The van der Waals surface area contributed by atoms with Crippen LogP contribution >= 0.6 is 11.3 Å². The minimum atomic E-state index is -0.609. The van der Waals surface area contributed by atoms with Gasteiger partial charge < -0.3 is 20.4 Å². The van der Waals surface area contributed by atoms with Crippen molar-refractivity contribution in [1.82, 2.24) is 10.6 Å². The smallest absolute Gasteiger partial charge is 0.309 e. The first-order chi connectivity index (χ1) is 15.5. The Morgan fingerprint density at radius 2 is 1.75 bits per heavy atom. The van der Waals surface area contributed by atoms with E-state index in [4.69, 9.17) is 0 Å². The molecule has 0 radical (unpaired) electrons. The second-order valence-corrected chi connectivity index (χ2v) is 9.08. The van der Waals surface area contributed by atoms with E-state index in [1.54, 1.807) is 11.3 Å². The van der Waals surface area contributed by atoms with Gasteiger partial charge in [-0.2, -0.15) is 0 Å². The van der Waals surface area contributed by atoms with Gasteiger partial charge in [0.15, 0.2) is 0 Å². The predicted octanol–water partition coefficient (Wildman–Crippen LogP) is 3.35. The van der Waals surface area contributed by atoms with E-state index in [0.717, 1.165) is 29.1 Å². The molecule has 4 rings (SSSR count). The van der Waals surface area contributed by atoms with E-state index in [9.17, 15) is 9.59 Å². The zero-order chi connectivity index (χ0) is 22.5. The molecule has 0 saturated heterocycles. The summed E-state index contributed by atoms with van der Waals surface area (Å²) in [5, 5.41) is 7.50. The molecule has 166 valence electrons. The fourth-order valence-corrected chi connectivity index (χ4v) is 4.67. The van der Waals surface area contributed by atoms with E-state index in [2.05, 4.69) is 62.9 Å². The van der Waals surface area contributed by atoms with Gasteiger partial charge in [0.25, 0.3) is 0 Å². The summed E-state index contributed by atoms with van der Waals surface area (Å²) >= 11 is 1.55. The average molecular weight is 449 g/mol. The lowest BCUT2D eigenvalue weighted by atomic mass is 10.0. The number of carbonyl (C=O) groups is 2. The number of rotatable bonds is 7. The molecule has 0 aliphatic carbocycles. The molecular formula is C25H28N4O2S. The number of hydrogen-bond donors (Lipinski definition) is 2. The van der Waals surface area contributed by atoms with E-state index >= 15 is 0 Å². The molecule has 0 saturated carbocycles. The van der Waals surface area contributed by atoms with Crippen LogP contribution < -0.4 is 20.4 Å². The number of para-hydroxylation sites is 1. The number of anilines is 2. The third-order valence-corrected chi connectivity index (χ3v) is 6.64. The Labute approximate surface area is 192 Å². The van der Waals surface area contributed by atoms with Crippen LogP contribution in [0.25, 0.3) is 0 Å². The normalized spacial score (nSPS) is 13.4. The number of fused-ring (bicyclic) bond motifs is 1. The molecule has 3 aromatic rings. The zero-order valence-corrected chi connectivity index (χ0v) is 19.2. The first kappa shape index (κ1) is 21.9. The largest absolute Gasteiger partial charge is 0.378 e. The number of thiophene rings is 1. The summed E-state index contributed by atoms with van der Waals surface area (Å²) in [6, 6.07) is 20.5. The lowest BCUT2D eigenvalue weighted by Crippen LogP contribution is -2.43. The third-order valence-electron chi connectivity index (χ3n) is 5.76. The maximum atomic E-state index is 12.5. The van der Waals surface area contributed by atoms with Crippen molar-refractivity contribution in [3.8, 4) is 0 Å². The van der Waals surface area contributed by atoms with E-state index in [1.807, 2.05) is 37.7 Å². The van der Waals surface area contributed by atoms with Crippen molar-refractivity contribution in [3.05, 3.63) is 82.0 Å². The fraction of sp³-hybridized carbons (Fsp3) is 0.280. The van der Waals surface area contributed by atoms with Crippen LogP contribution in [0.4, 0.5) is 11.4 Å². The Morgan fingerprint density at radius 1 is 1.00 bits per heavy atom. The van der Waals surface area contributed by atoms with Crippen molar-refractivity contribution in [2.24, 2.45) is 0 Å². The number of benzene rings is 2. The monoisotopic (exact) mass is 448 g/mol. The van der Waals surface area contributed by atoms with Crippen molar-refractivity contribution in [2.75, 3.05) is 37.0 Å². The molecule has 1 aliphatic rings. The summed E-state index contributed by atoms with van der Waals surface area (Å²) in [5.41, 5.74) is 4.71. The Morgan fingerprint density at radius 3 is 2.47 bits per heavy atom. The second-order valence-electron chi connectivity index (χ2n) is 8.05. The Hall–Kier alpha value is -3.32. The van der Waals surface area contributed by atoms with Gasteiger partial charge in [-0.15, -0.1) is 11.3 Å². The number of hydrogen-bond acceptors (Lipinski definition) is 5. The highest BCUT2D eigenvalue weighted by Crippen LogP contribution is 2.35. The van der Waals surface area contributed by atoms with Crippen LogP contribution in [-0.4, -0.2) is 39.0 Å². The summed E-state index contributed by atoms with van der Waals surface area (Å²) < 4.78 is 0. The van der Waals surface area contributed by atoms with Gasteiger partial charge in [-0.1, -0.05) is 36.4 Å². The highest BCUT2D eigenvalue weighted by atomic mass is 32.1. The maximum absolute atomic E-state index is 12.5. The summed E-state index contributed by atoms with van der Waals surface area (Å²) in [6.07, 6.45) is 0.970. The molecule has 1 aliphatic heterocycles. The lowest BCUT2D eigenvalue weighted by Gasteiger charge is -2.31. The summed E-state index contributed by atoms with van der Waals surface area (Å²) in [6.45, 7) is 1.58. The Balaban J connectivity index is 1.48. The average Bonchev–Trinajstić information content (AvgIpc) is 3.48. The molecular weight excluding hydrogens is 420 g/mol. The van der Waals surface area contributed by atoms with Gasteiger partial charge in [0.1, 0.15) is 0 Å². The summed E-state index contributed by atoms with van der Waals surface area (Å²) in [5.74, 6) is -1.22. The highest BCUT2D eigenvalue weighted by Gasteiger charge is 2.28. The topological polar surface area (TPSA) is 64.7 Å². The molecule has 1 aromatic heterocycles. The van der Waals surface area contributed by atoms with E-state index in [1.165, 1.54) is 11.3 Å². The second kappa shape index (κ2) is 9.87. The van der Waals surface area contributed by atoms with E-state index in [0.29, 0.717) is 13.1 Å². The van der Waals surface area contributed by atoms with Crippen LogP contribution in [0.1, 0.15) is 22.0 Å². The summed E-state index contributed by atoms with van der Waals surface area (Å²) in [7, 11) is 4.02. The van der Waals surface area contributed by atoms with Gasteiger partial charge in [-0.25, -0.2) is 0 Å². The van der Waals surface area contributed by atoms with Crippen molar-refractivity contribution in [2.45, 2.75) is 19.0 Å². The molecule has 0 unspecified atom stereocenters. The first-order valence-electron chi connectivity index (χ1n) is 10.7. The Bertz CT molecular complexity index is 1060. The van der Waals surface area contributed by atoms with Gasteiger partial charge in [0.05, 0.1) is 12.6 Å². The van der Waals surface area contributed by atoms with Crippen LogP contribution in [0, 0.1) is 0 Å². The van der Waals surface area contributed by atoms with Gasteiger partial charge in [-0.05, 0) is 47.2 Å². The molecule has 32 heavy (non-hydrogen) atoms. The van der Waals surface area contributed by atoms with Gasteiger partial charge in [-0.3, -0.25) is 9.59 Å². The fourth-order valence-electron chi connectivity index (χ4n) is 4.02. The molecule has 2 heterocycles. The Kier molecular flexibility index (Phi) is 6.75. The number of nitrogens with zero attached hydrogens (tertiary/aromatic N) is 2. The van der Waals surface area contributed by atoms with Crippen molar-refractivity contribution < 1.29 is 9.59 Å². The zero-order valence-electron chi connectivity index (χ0n) is 18.4. The van der Waals surface area contributed by atoms with Crippen LogP contribution in [0.3, 0.4) is 0 Å². The van der Waals surface area contributed by atoms with Crippen LogP contribution in [0.2, 0.25) is 0 Å². The minimum Gasteiger partial charge on any atom is -0.378 e. The molecule has 1 atom stereocenters. The molecule has 0 spiro atoms. The van der Waals surface area contributed by atoms with Gasteiger partial charge >= 0.3 is 11.8 Å². The molecule has 6 nitrogen and oxygen atoms in total. The predicted molar refractivity (Wildman–Crippen MR) is 130 cm³/mol. The third kappa shape index (κ3) is 4.94. The molecule has 2 aromatic carbocycles. The van der Waals surface area contributed by atoms with Gasteiger partial charge in [0.2, 0.25) is 0 Å². The number of carbonyl (C=O) groups excluding carboxylic acids is 2. The van der Waals surface area contributed by atoms with E-state index in [-0.39, 0.29) is 6.04 Å². The molecule has 0 fully saturated rings. The van der Waals surface area contributed by atoms with Crippen molar-refractivity contribution >= 4 is 34.5 Å². The number of nitrogens with one attached hydrogen (secondary N) is 2. The van der Waals surface area contributed by atoms with E-state index < -0.39 is 11.8 Å². The van der Waals surface area contributed by atoms with Crippen molar-refractivity contribution in [1.29, 1.82) is 0 Å². The quantitative estimate of drug-likeness (QED) is 0.544. The number of amides is 2. The highest BCUT2D eigenvalue weighted by molar-refractivity contribution is 7.09. The van der Waals surface area contributed by atoms with Crippen LogP contribution in [0.15, 0.2) is 66.0 Å². The van der Waals surface area contributed by atoms with Crippen LogP contribution in [0.5, 0.6) is 0 Å². The maximum Gasteiger partial charge on any atom is 0.309 e. The minimum absolute atomic E-state index is 0.0658. The standard InChI is InChI=1S/C25H28N4O2S/c1-28(2)20-11-9-19(10-12-20)23(29-14-13-18-6-3-4-8-22(18)29)17-27-25(31)24(30)26-16-21-7-5-15-32-21/h3-12,15,23H,13-14,16-17H2,1-2H3,(H,26,30)(H,27,31)/t23-/m0/s1.